The molecule has 0 radical (unpaired) electrons. The van der Waals surface area contributed by atoms with Gasteiger partial charge in [-0.1, -0.05) is 6.07 Å². The Morgan fingerprint density at radius 1 is 1.32 bits per heavy atom. The van der Waals surface area contributed by atoms with Gasteiger partial charge in [0.25, 0.3) is 5.91 Å². The fourth-order valence-electron chi connectivity index (χ4n) is 1.55. The van der Waals surface area contributed by atoms with Crippen molar-refractivity contribution < 1.29 is 14.3 Å². The van der Waals surface area contributed by atoms with E-state index in [1.54, 1.807) is 42.2 Å². The molecule has 1 N–H and O–H groups in total. The largest absolute Gasteiger partial charge is 0.427 e. The third-order valence-electron chi connectivity index (χ3n) is 2.42. The molecule has 0 aliphatic carbocycles. The van der Waals surface area contributed by atoms with Crippen molar-refractivity contribution in [1.82, 2.24) is 9.78 Å². The highest BCUT2D eigenvalue weighted by Crippen LogP contribution is 2.15. The number of amides is 1. The average Bonchev–Trinajstić information content (AvgIpc) is 2.74. The number of carbonyl (C=O) groups excluding carboxylic acids is 2. The van der Waals surface area contributed by atoms with Crippen LogP contribution in [0.15, 0.2) is 36.5 Å². The molecule has 0 aliphatic rings. The second-order valence-electron chi connectivity index (χ2n) is 3.92. The first-order chi connectivity index (χ1) is 9.06. The summed E-state index contributed by atoms with van der Waals surface area (Å²) in [5.41, 5.74) is 0.403. The van der Waals surface area contributed by atoms with Gasteiger partial charge in [0.2, 0.25) is 0 Å². The van der Waals surface area contributed by atoms with Crippen LogP contribution in [0.25, 0.3) is 0 Å². The third-order valence-corrected chi connectivity index (χ3v) is 2.42. The molecule has 0 bridgehead atoms. The van der Waals surface area contributed by atoms with Gasteiger partial charge in [-0.2, -0.15) is 5.10 Å². The van der Waals surface area contributed by atoms with Crippen LogP contribution in [0.4, 0.5) is 5.82 Å². The van der Waals surface area contributed by atoms with Crippen molar-refractivity contribution in [3.05, 3.63) is 42.1 Å². The highest BCUT2D eigenvalue weighted by atomic mass is 16.5. The molecule has 19 heavy (non-hydrogen) atoms. The Morgan fingerprint density at radius 3 is 2.74 bits per heavy atom. The van der Waals surface area contributed by atoms with Crippen LogP contribution in [0, 0.1) is 0 Å². The van der Waals surface area contributed by atoms with Crippen molar-refractivity contribution >= 4 is 17.7 Å². The van der Waals surface area contributed by atoms with Crippen LogP contribution in [-0.4, -0.2) is 21.7 Å². The number of benzene rings is 1. The summed E-state index contributed by atoms with van der Waals surface area (Å²) in [7, 11) is 1.73. The zero-order chi connectivity index (χ0) is 13.8. The number of hydrogen-bond donors (Lipinski definition) is 1. The second kappa shape index (κ2) is 5.34. The molecule has 6 nitrogen and oxygen atoms in total. The smallest absolute Gasteiger partial charge is 0.308 e. The van der Waals surface area contributed by atoms with Crippen molar-refractivity contribution in [3.8, 4) is 5.75 Å². The molecule has 1 heterocycles. The first-order valence-electron chi connectivity index (χ1n) is 5.64. The Balaban J connectivity index is 2.15. The second-order valence-corrected chi connectivity index (χ2v) is 3.92. The van der Waals surface area contributed by atoms with Crippen LogP contribution in [0.5, 0.6) is 5.75 Å². The van der Waals surface area contributed by atoms with Gasteiger partial charge in [0.05, 0.1) is 6.20 Å². The van der Waals surface area contributed by atoms with Gasteiger partial charge in [0.1, 0.15) is 11.6 Å². The molecule has 2 rings (SSSR count). The number of aromatic nitrogens is 2. The SMILES string of the molecule is CC(=O)Oc1cccc(C(=O)Nc2ccnn2C)c1. The summed E-state index contributed by atoms with van der Waals surface area (Å²) in [5, 5.41) is 6.66. The summed E-state index contributed by atoms with van der Waals surface area (Å²) in [6.07, 6.45) is 1.59. The quantitative estimate of drug-likeness (QED) is 0.671. The maximum Gasteiger partial charge on any atom is 0.308 e. The first-order valence-corrected chi connectivity index (χ1v) is 5.64. The van der Waals surface area contributed by atoms with Crippen LogP contribution in [0.3, 0.4) is 0 Å². The lowest BCUT2D eigenvalue weighted by Crippen LogP contribution is -2.14. The normalized spacial score (nSPS) is 10.0. The molecule has 1 amide bonds. The highest BCUT2D eigenvalue weighted by molar-refractivity contribution is 6.04. The fourth-order valence-corrected chi connectivity index (χ4v) is 1.55. The molecular weight excluding hydrogens is 246 g/mol. The lowest BCUT2D eigenvalue weighted by Gasteiger charge is -2.06. The van der Waals surface area contributed by atoms with E-state index in [9.17, 15) is 9.59 Å². The van der Waals surface area contributed by atoms with Gasteiger partial charge in [-0.25, -0.2) is 0 Å². The predicted octanol–water partition coefficient (Wildman–Crippen LogP) is 1.60. The minimum atomic E-state index is -0.427. The monoisotopic (exact) mass is 259 g/mol. The Labute approximate surface area is 110 Å². The molecule has 1 aromatic heterocycles. The van der Waals surface area contributed by atoms with Crippen molar-refractivity contribution in [2.24, 2.45) is 7.05 Å². The number of carbonyl (C=O) groups is 2. The molecule has 0 saturated carbocycles. The van der Waals surface area contributed by atoms with Gasteiger partial charge < -0.3 is 10.1 Å². The predicted molar refractivity (Wildman–Crippen MR) is 68.9 cm³/mol. The maximum absolute atomic E-state index is 12.0. The van der Waals surface area contributed by atoms with Gasteiger partial charge in [-0.15, -0.1) is 0 Å². The first kappa shape index (κ1) is 12.8. The Hall–Kier alpha value is -2.63. The number of rotatable bonds is 3. The molecule has 98 valence electrons. The van der Waals surface area contributed by atoms with Crippen LogP contribution >= 0.6 is 0 Å². The molecular formula is C13H13N3O3. The maximum atomic E-state index is 12.0. The Kier molecular flexibility index (Phi) is 3.61. The van der Waals surface area contributed by atoms with Crippen molar-refractivity contribution in [2.45, 2.75) is 6.92 Å². The summed E-state index contributed by atoms with van der Waals surface area (Å²) in [5.74, 6) is 0.204. The minimum Gasteiger partial charge on any atom is -0.427 e. The van der Waals surface area contributed by atoms with E-state index < -0.39 is 5.97 Å². The van der Waals surface area contributed by atoms with E-state index in [2.05, 4.69) is 10.4 Å². The minimum absolute atomic E-state index is 0.294. The number of anilines is 1. The van der Waals surface area contributed by atoms with E-state index in [4.69, 9.17) is 4.74 Å². The van der Waals surface area contributed by atoms with Crippen LogP contribution in [-0.2, 0) is 11.8 Å². The van der Waals surface area contributed by atoms with Gasteiger partial charge >= 0.3 is 5.97 Å². The number of nitrogens with one attached hydrogen (secondary N) is 1. The van der Waals surface area contributed by atoms with Gasteiger partial charge in [0.15, 0.2) is 0 Å². The van der Waals surface area contributed by atoms with Gasteiger partial charge in [0, 0.05) is 25.6 Å². The lowest BCUT2D eigenvalue weighted by molar-refractivity contribution is -0.131. The van der Waals surface area contributed by atoms with E-state index >= 15 is 0 Å². The number of nitrogens with zero attached hydrogens (tertiary/aromatic N) is 2. The zero-order valence-electron chi connectivity index (χ0n) is 10.6. The highest BCUT2D eigenvalue weighted by Gasteiger charge is 2.09. The number of aryl methyl sites for hydroxylation is 1. The van der Waals surface area contributed by atoms with Crippen molar-refractivity contribution in [2.75, 3.05) is 5.32 Å². The molecule has 0 saturated heterocycles. The van der Waals surface area contributed by atoms with E-state index in [-0.39, 0.29) is 5.91 Å². The van der Waals surface area contributed by atoms with E-state index in [1.165, 1.54) is 13.0 Å². The molecule has 1 aromatic carbocycles. The molecule has 0 spiro atoms. The third kappa shape index (κ3) is 3.19. The zero-order valence-corrected chi connectivity index (χ0v) is 10.6. The standard InChI is InChI=1S/C13H13N3O3/c1-9(17)19-11-5-3-4-10(8-11)13(18)15-12-6-7-14-16(12)2/h3-8H,1-2H3,(H,15,18). The summed E-state index contributed by atoms with van der Waals surface area (Å²) in [4.78, 5) is 22.9. The van der Waals surface area contributed by atoms with Crippen molar-refractivity contribution in [1.29, 1.82) is 0 Å². The topological polar surface area (TPSA) is 73.2 Å². The molecule has 2 aromatic rings. The molecule has 0 fully saturated rings. The molecule has 0 atom stereocenters. The summed E-state index contributed by atoms with van der Waals surface area (Å²) in [6.45, 7) is 1.31. The molecule has 6 heteroatoms. The summed E-state index contributed by atoms with van der Waals surface area (Å²) < 4.78 is 6.48. The van der Waals surface area contributed by atoms with Gasteiger partial charge in [-0.3, -0.25) is 14.3 Å². The van der Waals surface area contributed by atoms with Gasteiger partial charge in [-0.05, 0) is 18.2 Å². The fraction of sp³-hybridized carbons (Fsp3) is 0.154. The number of ether oxygens (including phenoxy) is 1. The summed E-state index contributed by atoms with van der Waals surface area (Å²) in [6, 6.07) is 8.10. The Bertz CT molecular complexity index is 619. The molecule has 0 aliphatic heterocycles. The average molecular weight is 259 g/mol. The molecule has 0 unspecified atom stereocenters. The van der Waals surface area contributed by atoms with E-state index in [0.717, 1.165) is 0 Å². The van der Waals surface area contributed by atoms with E-state index in [0.29, 0.717) is 17.1 Å². The Morgan fingerprint density at radius 2 is 2.11 bits per heavy atom. The van der Waals surface area contributed by atoms with Crippen LogP contribution in [0.1, 0.15) is 17.3 Å². The van der Waals surface area contributed by atoms with E-state index in [1.807, 2.05) is 0 Å². The van der Waals surface area contributed by atoms with Crippen LogP contribution < -0.4 is 10.1 Å². The van der Waals surface area contributed by atoms with Crippen LogP contribution in [0.2, 0.25) is 0 Å². The summed E-state index contributed by atoms with van der Waals surface area (Å²) >= 11 is 0. The lowest BCUT2D eigenvalue weighted by atomic mass is 10.2. The van der Waals surface area contributed by atoms with Crippen molar-refractivity contribution in [3.63, 3.8) is 0 Å². The number of esters is 1. The number of hydrogen-bond acceptors (Lipinski definition) is 4.